The number of benzene rings is 2. The van der Waals surface area contributed by atoms with Crippen LogP contribution in [-0.2, 0) is 9.59 Å². The van der Waals surface area contributed by atoms with Gasteiger partial charge in [0.2, 0.25) is 11.8 Å². The average molecular weight is 324 g/mol. The molecule has 2 aromatic rings. The van der Waals surface area contributed by atoms with Crippen LogP contribution in [0.4, 0.5) is 11.4 Å². The van der Waals surface area contributed by atoms with Crippen LogP contribution in [0.1, 0.15) is 30.0 Å². The van der Waals surface area contributed by atoms with Crippen molar-refractivity contribution in [1.82, 2.24) is 0 Å². The predicted octanol–water partition coefficient (Wildman–Crippen LogP) is 3.99. The Labute approximate surface area is 143 Å². The fourth-order valence-corrected chi connectivity index (χ4v) is 2.78. The van der Waals surface area contributed by atoms with Crippen molar-refractivity contribution in [3.8, 4) is 0 Å². The molecule has 0 heterocycles. The van der Waals surface area contributed by atoms with E-state index in [1.165, 1.54) is 0 Å². The van der Waals surface area contributed by atoms with Crippen molar-refractivity contribution < 1.29 is 9.59 Å². The Kier molecular flexibility index (Phi) is 5.74. The van der Waals surface area contributed by atoms with Gasteiger partial charge in [0.1, 0.15) is 6.42 Å². The molecule has 4 heteroatoms. The smallest absolute Gasteiger partial charge is 0.236 e. The number of carbonyl (C=O) groups is 2. The van der Waals surface area contributed by atoms with Crippen molar-refractivity contribution in [1.29, 1.82) is 0 Å². The lowest BCUT2D eigenvalue weighted by Gasteiger charge is -2.21. The lowest BCUT2D eigenvalue weighted by molar-refractivity contribution is -0.125. The number of nitrogens with one attached hydrogen (secondary N) is 1. The molecule has 126 valence electrons. The second kappa shape index (κ2) is 7.77. The average Bonchev–Trinajstić information content (AvgIpc) is 2.46. The van der Waals surface area contributed by atoms with E-state index in [0.29, 0.717) is 6.54 Å². The van der Waals surface area contributed by atoms with Crippen LogP contribution in [-0.4, -0.2) is 18.4 Å². The summed E-state index contributed by atoms with van der Waals surface area (Å²) >= 11 is 0. The molecule has 0 aliphatic rings. The highest BCUT2D eigenvalue weighted by Crippen LogP contribution is 2.18. The Morgan fingerprint density at radius 1 is 0.958 bits per heavy atom. The van der Waals surface area contributed by atoms with Gasteiger partial charge in [-0.15, -0.1) is 0 Å². The second-order valence-corrected chi connectivity index (χ2v) is 6.08. The lowest BCUT2D eigenvalue weighted by Crippen LogP contribution is -2.33. The first kappa shape index (κ1) is 17.7. The maximum absolute atomic E-state index is 12.5. The highest BCUT2D eigenvalue weighted by Gasteiger charge is 2.18. The molecule has 4 nitrogen and oxygen atoms in total. The van der Waals surface area contributed by atoms with E-state index in [-0.39, 0.29) is 18.2 Å². The summed E-state index contributed by atoms with van der Waals surface area (Å²) in [6.07, 6.45) is -0.172. The summed E-state index contributed by atoms with van der Waals surface area (Å²) in [7, 11) is 0. The van der Waals surface area contributed by atoms with Gasteiger partial charge in [-0.25, -0.2) is 0 Å². The first-order valence-electron chi connectivity index (χ1n) is 8.14. The minimum Gasteiger partial charge on any atom is -0.326 e. The summed E-state index contributed by atoms with van der Waals surface area (Å²) in [5.41, 5.74) is 4.78. The third-order valence-corrected chi connectivity index (χ3v) is 3.75. The van der Waals surface area contributed by atoms with E-state index in [1.807, 2.05) is 70.2 Å². The van der Waals surface area contributed by atoms with Crippen LogP contribution in [0.15, 0.2) is 42.5 Å². The molecular formula is C20H24N2O2. The fourth-order valence-electron chi connectivity index (χ4n) is 2.78. The minimum atomic E-state index is -0.295. The quantitative estimate of drug-likeness (QED) is 0.845. The number of carbonyl (C=O) groups excluding carboxylic acids is 2. The molecule has 0 unspecified atom stereocenters. The minimum absolute atomic E-state index is 0.172. The van der Waals surface area contributed by atoms with Gasteiger partial charge in [0.25, 0.3) is 0 Å². The monoisotopic (exact) mass is 324 g/mol. The van der Waals surface area contributed by atoms with E-state index in [2.05, 4.69) is 5.32 Å². The Hall–Kier alpha value is -2.62. The molecule has 0 radical (unpaired) electrons. The number of aryl methyl sites for hydroxylation is 3. The highest BCUT2D eigenvalue weighted by atomic mass is 16.2. The van der Waals surface area contributed by atoms with Crippen LogP contribution >= 0.6 is 0 Å². The molecule has 0 aromatic heterocycles. The first-order valence-corrected chi connectivity index (χ1v) is 8.14. The summed E-state index contributed by atoms with van der Waals surface area (Å²) in [4.78, 5) is 26.3. The molecule has 2 aromatic carbocycles. The molecule has 0 atom stereocenters. The van der Waals surface area contributed by atoms with Crippen LogP contribution in [0.3, 0.4) is 0 Å². The van der Waals surface area contributed by atoms with Crippen molar-refractivity contribution in [3.63, 3.8) is 0 Å². The topological polar surface area (TPSA) is 49.4 Å². The molecule has 24 heavy (non-hydrogen) atoms. The Balaban J connectivity index is 2.05. The molecule has 0 aliphatic carbocycles. The summed E-state index contributed by atoms with van der Waals surface area (Å²) in [6, 6.07) is 13.6. The number of nitrogens with zero attached hydrogens (tertiary/aromatic N) is 1. The van der Waals surface area contributed by atoms with Crippen LogP contribution < -0.4 is 10.2 Å². The zero-order valence-electron chi connectivity index (χ0n) is 14.7. The first-order chi connectivity index (χ1) is 11.4. The lowest BCUT2D eigenvalue weighted by atomic mass is 10.1. The molecule has 0 saturated carbocycles. The second-order valence-electron chi connectivity index (χ2n) is 6.08. The third-order valence-electron chi connectivity index (χ3n) is 3.75. The van der Waals surface area contributed by atoms with E-state index in [9.17, 15) is 9.59 Å². The molecule has 1 N–H and O–H groups in total. The van der Waals surface area contributed by atoms with Crippen molar-refractivity contribution in [2.45, 2.75) is 34.1 Å². The van der Waals surface area contributed by atoms with Gasteiger partial charge < -0.3 is 10.2 Å². The number of hydrogen-bond acceptors (Lipinski definition) is 2. The summed E-state index contributed by atoms with van der Waals surface area (Å²) in [5, 5.41) is 2.81. The summed E-state index contributed by atoms with van der Waals surface area (Å²) in [6.45, 7) is 8.37. The zero-order valence-corrected chi connectivity index (χ0v) is 14.7. The van der Waals surface area contributed by atoms with E-state index in [4.69, 9.17) is 0 Å². The van der Waals surface area contributed by atoms with Gasteiger partial charge in [0, 0.05) is 17.9 Å². The van der Waals surface area contributed by atoms with Gasteiger partial charge in [0.15, 0.2) is 0 Å². The van der Waals surface area contributed by atoms with E-state index in [0.717, 1.165) is 28.1 Å². The van der Waals surface area contributed by atoms with Gasteiger partial charge in [-0.2, -0.15) is 0 Å². The normalized spacial score (nSPS) is 10.3. The van der Waals surface area contributed by atoms with Crippen LogP contribution in [0.5, 0.6) is 0 Å². The van der Waals surface area contributed by atoms with Crippen LogP contribution in [0, 0.1) is 20.8 Å². The molecule has 0 aliphatic heterocycles. The predicted molar refractivity (Wildman–Crippen MR) is 98.4 cm³/mol. The Morgan fingerprint density at radius 3 is 2.21 bits per heavy atom. The van der Waals surface area contributed by atoms with Crippen molar-refractivity contribution in [2.24, 2.45) is 0 Å². The van der Waals surface area contributed by atoms with Gasteiger partial charge in [-0.05, 0) is 68.7 Å². The number of amides is 2. The van der Waals surface area contributed by atoms with Gasteiger partial charge in [-0.3, -0.25) is 9.59 Å². The number of rotatable bonds is 5. The number of hydrogen-bond donors (Lipinski definition) is 1. The molecule has 2 amide bonds. The molecule has 0 fully saturated rings. The van der Waals surface area contributed by atoms with Gasteiger partial charge in [0.05, 0.1) is 0 Å². The van der Waals surface area contributed by atoms with E-state index >= 15 is 0 Å². The largest absolute Gasteiger partial charge is 0.326 e. The van der Waals surface area contributed by atoms with Crippen molar-refractivity contribution in [2.75, 3.05) is 16.8 Å². The van der Waals surface area contributed by atoms with Crippen molar-refractivity contribution >= 4 is 23.2 Å². The highest BCUT2D eigenvalue weighted by molar-refractivity contribution is 6.09. The van der Waals surface area contributed by atoms with Crippen LogP contribution in [0.25, 0.3) is 0 Å². The maximum Gasteiger partial charge on any atom is 0.236 e. The van der Waals surface area contributed by atoms with Crippen molar-refractivity contribution in [3.05, 3.63) is 59.2 Å². The standard InChI is InChI=1S/C20H24N2O2/c1-5-22(18-8-6-7-14(2)12-18)20(24)13-19(23)21-17-10-15(3)9-16(4)11-17/h6-12H,5,13H2,1-4H3,(H,21,23). The summed E-state index contributed by atoms with van der Waals surface area (Å²) < 4.78 is 0. The van der Waals surface area contributed by atoms with Gasteiger partial charge >= 0.3 is 0 Å². The third kappa shape index (κ3) is 4.69. The molecule has 2 rings (SSSR count). The zero-order chi connectivity index (χ0) is 17.7. The number of anilines is 2. The summed E-state index contributed by atoms with van der Waals surface area (Å²) in [5.74, 6) is -0.499. The van der Waals surface area contributed by atoms with E-state index < -0.39 is 0 Å². The van der Waals surface area contributed by atoms with Gasteiger partial charge in [-0.1, -0.05) is 18.2 Å². The molecular weight excluding hydrogens is 300 g/mol. The molecule has 0 saturated heterocycles. The Bertz CT molecular complexity index is 733. The SMILES string of the molecule is CCN(C(=O)CC(=O)Nc1cc(C)cc(C)c1)c1cccc(C)c1. The van der Waals surface area contributed by atoms with E-state index in [1.54, 1.807) is 4.90 Å². The Morgan fingerprint density at radius 2 is 1.62 bits per heavy atom. The maximum atomic E-state index is 12.5. The van der Waals surface area contributed by atoms with Crippen LogP contribution in [0.2, 0.25) is 0 Å². The fraction of sp³-hybridized carbons (Fsp3) is 0.300. The molecule has 0 bridgehead atoms. The molecule has 0 spiro atoms.